The molecular weight excluding hydrogens is 428 g/mol. The predicted molar refractivity (Wildman–Crippen MR) is 105 cm³/mol. The molecule has 150 valence electrons. The molecule has 2 aromatic carbocycles. The molecule has 0 fully saturated rings. The van der Waals surface area contributed by atoms with Crippen LogP contribution in [0.15, 0.2) is 54.7 Å². The second-order valence-electron chi connectivity index (χ2n) is 5.96. The molecule has 0 radical (unpaired) electrons. The van der Waals surface area contributed by atoms with Gasteiger partial charge in [-0.1, -0.05) is 29.8 Å². The monoisotopic (exact) mass is 440 g/mol. The van der Waals surface area contributed by atoms with Crippen molar-refractivity contribution in [2.75, 3.05) is 5.32 Å². The summed E-state index contributed by atoms with van der Waals surface area (Å²) in [6.07, 6.45) is -0.388. The molecule has 0 saturated heterocycles. The van der Waals surface area contributed by atoms with Crippen LogP contribution < -0.4 is 5.32 Å². The maximum absolute atomic E-state index is 13.7. The maximum atomic E-state index is 13.7. The summed E-state index contributed by atoms with van der Waals surface area (Å²) in [5.74, 6) is -0.905. The van der Waals surface area contributed by atoms with E-state index >= 15 is 0 Å². The summed E-state index contributed by atoms with van der Waals surface area (Å²) in [7, 11) is 0. The number of rotatable bonds is 5. The molecule has 0 saturated carbocycles. The Kier molecular flexibility index (Phi) is 6.34. The molecule has 0 bridgehead atoms. The van der Waals surface area contributed by atoms with E-state index in [0.717, 1.165) is 29.2 Å². The lowest BCUT2D eigenvalue weighted by Crippen LogP contribution is -2.07. The minimum Gasteiger partial charge on any atom is -0.298 e. The number of halogens is 5. The average molecular weight is 441 g/mol. The Morgan fingerprint density at radius 2 is 1.97 bits per heavy atom. The highest BCUT2D eigenvalue weighted by Gasteiger charge is 2.30. The Balaban J connectivity index is 1.66. The fourth-order valence-corrected chi connectivity index (χ4v) is 3.46. The van der Waals surface area contributed by atoms with Crippen molar-refractivity contribution in [3.8, 4) is 0 Å². The fourth-order valence-electron chi connectivity index (χ4n) is 2.44. The van der Waals surface area contributed by atoms with E-state index in [1.54, 1.807) is 18.2 Å². The Morgan fingerprint density at radius 3 is 2.69 bits per heavy atom. The van der Waals surface area contributed by atoms with Gasteiger partial charge < -0.3 is 0 Å². The van der Waals surface area contributed by atoms with E-state index in [1.807, 2.05) is 0 Å². The Labute approximate surface area is 172 Å². The van der Waals surface area contributed by atoms with Crippen molar-refractivity contribution in [1.82, 2.24) is 4.98 Å². The number of nitrogens with one attached hydrogen (secondary N) is 1. The molecule has 1 heterocycles. The molecule has 29 heavy (non-hydrogen) atoms. The fraction of sp³-hybridized carbons (Fsp3) is 0.100. The van der Waals surface area contributed by atoms with Gasteiger partial charge in [0.05, 0.1) is 5.56 Å². The number of carbonyl (C=O) groups excluding carboxylic acids is 1. The minimum atomic E-state index is -4.51. The van der Waals surface area contributed by atoms with Crippen molar-refractivity contribution in [3.63, 3.8) is 0 Å². The van der Waals surface area contributed by atoms with Gasteiger partial charge in [-0.2, -0.15) is 13.2 Å². The first kappa shape index (κ1) is 21.0. The average Bonchev–Trinajstić information content (AvgIpc) is 3.09. The number of hydrogen-bond acceptors (Lipinski definition) is 3. The van der Waals surface area contributed by atoms with Crippen molar-refractivity contribution < 1.29 is 22.4 Å². The highest BCUT2D eigenvalue weighted by atomic mass is 35.5. The lowest BCUT2D eigenvalue weighted by molar-refractivity contribution is -0.137. The second kappa shape index (κ2) is 8.75. The summed E-state index contributed by atoms with van der Waals surface area (Å²) in [5.41, 5.74) is -0.288. The molecule has 3 aromatic rings. The van der Waals surface area contributed by atoms with E-state index < -0.39 is 17.6 Å². The second-order valence-corrected chi connectivity index (χ2v) is 7.48. The normalized spacial score (nSPS) is 11.8. The number of benzene rings is 2. The van der Waals surface area contributed by atoms with Gasteiger partial charge in [-0.15, -0.1) is 11.3 Å². The first-order chi connectivity index (χ1) is 13.7. The number of carbonyl (C=O) groups is 1. The topological polar surface area (TPSA) is 42.0 Å². The molecule has 0 aliphatic carbocycles. The molecule has 0 spiro atoms. The molecule has 1 N–H and O–H groups in total. The van der Waals surface area contributed by atoms with Crippen LogP contribution in [0.1, 0.15) is 21.6 Å². The summed E-state index contributed by atoms with van der Waals surface area (Å²) < 4.78 is 52.1. The SMILES string of the molecule is O=C(/C=C/c1cc(C(F)(F)F)ccc1Cl)Nc1ncc(Cc2ccccc2F)s1. The van der Waals surface area contributed by atoms with Crippen LogP contribution in [0.3, 0.4) is 0 Å². The summed E-state index contributed by atoms with van der Waals surface area (Å²) in [4.78, 5) is 16.8. The van der Waals surface area contributed by atoms with Gasteiger partial charge in [-0.3, -0.25) is 10.1 Å². The van der Waals surface area contributed by atoms with Crippen LogP contribution in [-0.2, 0) is 17.4 Å². The summed E-state index contributed by atoms with van der Waals surface area (Å²) in [6, 6.07) is 9.20. The first-order valence-electron chi connectivity index (χ1n) is 8.26. The number of anilines is 1. The van der Waals surface area contributed by atoms with Crippen LogP contribution >= 0.6 is 22.9 Å². The van der Waals surface area contributed by atoms with Crippen LogP contribution in [0, 0.1) is 5.82 Å². The highest BCUT2D eigenvalue weighted by molar-refractivity contribution is 7.15. The summed E-state index contributed by atoms with van der Waals surface area (Å²) in [6.45, 7) is 0. The van der Waals surface area contributed by atoms with Crippen molar-refractivity contribution in [3.05, 3.63) is 87.1 Å². The number of nitrogens with zero attached hydrogens (tertiary/aromatic N) is 1. The van der Waals surface area contributed by atoms with E-state index in [0.29, 0.717) is 17.1 Å². The first-order valence-corrected chi connectivity index (χ1v) is 9.46. The van der Waals surface area contributed by atoms with Crippen molar-refractivity contribution in [2.24, 2.45) is 0 Å². The predicted octanol–water partition coefficient (Wildman–Crippen LogP) is 6.20. The highest BCUT2D eigenvalue weighted by Crippen LogP contribution is 2.32. The Morgan fingerprint density at radius 1 is 1.21 bits per heavy atom. The van der Waals surface area contributed by atoms with Gasteiger partial charge in [0.2, 0.25) is 5.91 Å². The zero-order chi connectivity index (χ0) is 21.0. The number of aromatic nitrogens is 1. The van der Waals surface area contributed by atoms with Gasteiger partial charge in [0.25, 0.3) is 0 Å². The standard InChI is InChI=1S/C20H13ClF4N2OS/c21-16-7-6-14(20(23,24)25)9-12(16)5-8-18(28)27-19-26-11-15(29-19)10-13-3-1-2-4-17(13)22/h1-9,11H,10H2,(H,26,27,28)/b8-5+. The molecular formula is C20H13ClF4N2OS. The zero-order valence-corrected chi connectivity index (χ0v) is 16.2. The van der Waals surface area contributed by atoms with E-state index in [4.69, 9.17) is 11.6 Å². The van der Waals surface area contributed by atoms with Gasteiger partial charge in [0.15, 0.2) is 5.13 Å². The lowest BCUT2D eigenvalue weighted by atomic mass is 10.1. The van der Waals surface area contributed by atoms with Crippen LogP contribution in [0.25, 0.3) is 6.08 Å². The van der Waals surface area contributed by atoms with Gasteiger partial charge in [0, 0.05) is 28.6 Å². The molecule has 3 nitrogen and oxygen atoms in total. The zero-order valence-electron chi connectivity index (χ0n) is 14.6. The number of alkyl halides is 3. The van der Waals surface area contributed by atoms with E-state index in [-0.39, 0.29) is 16.4 Å². The minimum absolute atomic E-state index is 0.0658. The van der Waals surface area contributed by atoms with Crippen molar-refractivity contribution in [1.29, 1.82) is 0 Å². The van der Waals surface area contributed by atoms with Crippen LogP contribution in [0.4, 0.5) is 22.7 Å². The smallest absolute Gasteiger partial charge is 0.298 e. The van der Waals surface area contributed by atoms with E-state index in [1.165, 1.54) is 29.7 Å². The van der Waals surface area contributed by atoms with Gasteiger partial charge in [-0.05, 0) is 41.5 Å². The quantitative estimate of drug-likeness (QED) is 0.379. The maximum Gasteiger partial charge on any atom is 0.416 e. The lowest BCUT2D eigenvalue weighted by Gasteiger charge is -2.08. The van der Waals surface area contributed by atoms with Gasteiger partial charge in [0.1, 0.15) is 5.82 Å². The number of hydrogen-bond donors (Lipinski definition) is 1. The van der Waals surface area contributed by atoms with E-state index in [9.17, 15) is 22.4 Å². The molecule has 1 amide bonds. The van der Waals surface area contributed by atoms with Crippen molar-refractivity contribution >= 4 is 40.1 Å². The third-order valence-corrected chi connectivity index (χ3v) is 5.10. The Bertz CT molecular complexity index is 1060. The van der Waals surface area contributed by atoms with Gasteiger partial charge in [-0.25, -0.2) is 9.37 Å². The van der Waals surface area contributed by atoms with Crippen LogP contribution in [-0.4, -0.2) is 10.9 Å². The third kappa shape index (κ3) is 5.65. The third-order valence-electron chi connectivity index (χ3n) is 3.84. The Hall–Kier alpha value is -2.71. The molecule has 0 atom stereocenters. The molecule has 1 aromatic heterocycles. The summed E-state index contributed by atoms with van der Waals surface area (Å²) >= 11 is 7.07. The van der Waals surface area contributed by atoms with Crippen molar-refractivity contribution in [2.45, 2.75) is 12.6 Å². The van der Waals surface area contributed by atoms with E-state index in [2.05, 4.69) is 10.3 Å². The molecule has 0 aliphatic heterocycles. The van der Waals surface area contributed by atoms with Crippen LogP contribution in [0.5, 0.6) is 0 Å². The number of thiazole rings is 1. The van der Waals surface area contributed by atoms with Crippen LogP contribution in [0.2, 0.25) is 5.02 Å². The molecule has 0 unspecified atom stereocenters. The summed E-state index contributed by atoms with van der Waals surface area (Å²) in [5, 5.41) is 2.90. The number of amides is 1. The largest absolute Gasteiger partial charge is 0.416 e. The molecule has 3 rings (SSSR count). The molecule has 0 aliphatic rings. The molecule has 9 heteroatoms. The van der Waals surface area contributed by atoms with Gasteiger partial charge >= 0.3 is 6.18 Å².